The van der Waals surface area contributed by atoms with Crippen molar-refractivity contribution in [2.45, 2.75) is 32.5 Å². The summed E-state index contributed by atoms with van der Waals surface area (Å²) < 4.78 is 6.70. The summed E-state index contributed by atoms with van der Waals surface area (Å²) in [7, 11) is 1.38. The average Bonchev–Trinajstić information content (AvgIpc) is 2.92. The number of fused-ring (bicyclic) bond motifs is 1. The molecule has 0 amide bonds. The van der Waals surface area contributed by atoms with E-state index in [4.69, 9.17) is 9.72 Å². The van der Waals surface area contributed by atoms with Gasteiger partial charge in [-0.05, 0) is 35.7 Å². The fraction of sp³-hybridized carbons (Fsp3) is 0.233. The van der Waals surface area contributed by atoms with Crippen LogP contribution in [-0.4, -0.2) is 34.1 Å². The quantitative estimate of drug-likeness (QED) is 0.380. The van der Waals surface area contributed by atoms with Crippen LogP contribution >= 0.6 is 0 Å². The molecule has 0 N–H and O–H groups in total. The van der Waals surface area contributed by atoms with Gasteiger partial charge in [0.1, 0.15) is 5.82 Å². The number of aryl methyl sites for hydroxylation is 1. The van der Waals surface area contributed by atoms with Crippen LogP contribution in [0.5, 0.6) is 0 Å². The Labute approximate surface area is 210 Å². The van der Waals surface area contributed by atoms with Gasteiger partial charge in [0, 0.05) is 26.1 Å². The van der Waals surface area contributed by atoms with Crippen molar-refractivity contribution in [3.05, 3.63) is 135 Å². The fourth-order valence-corrected chi connectivity index (χ4v) is 5.04. The van der Waals surface area contributed by atoms with Crippen molar-refractivity contribution in [2.24, 2.45) is 0 Å². The van der Waals surface area contributed by atoms with Gasteiger partial charge in [-0.2, -0.15) is 0 Å². The molecule has 6 nitrogen and oxygen atoms in total. The zero-order chi connectivity index (χ0) is 25.1. The summed E-state index contributed by atoms with van der Waals surface area (Å²) in [4.78, 5) is 33.1. The Morgan fingerprint density at radius 3 is 2.28 bits per heavy atom. The van der Waals surface area contributed by atoms with Crippen LogP contribution in [0.25, 0.3) is 0 Å². The van der Waals surface area contributed by atoms with Crippen molar-refractivity contribution in [1.82, 2.24) is 14.5 Å². The van der Waals surface area contributed by atoms with E-state index in [9.17, 15) is 9.59 Å². The predicted octanol–water partition coefficient (Wildman–Crippen LogP) is 4.53. The van der Waals surface area contributed by atoms with E-state index in [0.29, 0.717) is 25.1 Å². The van der Waals surface area contributed by atoms with Crippen molar-refractivity contribution >= 4 is 5.97 Å². The third-order valence-electron chi connectivity index (χ3n) is 6.76. The molecule has 1 aromatic heterocycles. The summed E-state index contributed by atoms with van der Waals surface area (Å²) in [5.41, 5.74) is 5.25. The maximum absolute atomic E-state index is 14.0. The molecular formula is C30H29N3O3. The first-order valence-corrected chi connectivity index (χ1v) is 12.2. The Balaban J connectivity index is 1.51. The molecule has 0 spiro atoms. The smallest absolute Gasteiger partial charge is 0.337 e. The number of aromatic nitrogens is 2. The van der Waals surface area contributed by atoms with E-state index in [0.717, 1.165) is 40.3 Å². The van der Waals surface area contributed by atoms with Crippen LogP contribution in [0.3, 0.4) is 0 Å². The molecule has 5 rings (SSSR count). The van der Waals surface area contributed by atoms with Gasteiger partial charge in [-0.15, -0.1) is 0 Å². The van der Waals surface area contributed by atoms with Gasteiger partial charge in [0.2, 0.25) is 0 Å². The lowest BCUT2D eigenvalue weighted by Crippen LogP contribution is -2.40. The molecule has 0 unspecified atom stereocenters. The summed E-state index contributed by atoms with van der Waals surface area (Å²) in [6, 6.07) is 27.4. The number of nitrogens with zero attached hydrogens (tertiary/aromatic N) is 3. The first-order valence-electron chi connectivity index (χ1n) is 12.2. The van der Waals surface area contributed by atoms with Gasteiger partial charge in [-0.25, -0.2) is 9.78 Å². The number of carbonyl (C=O) groups is 1. The zero-order valence-corrected chi connectivity index (χ0v) is 20.6. The van der Waals surface area contributed by atoms with Crippen molar-refractivity contribution in [3.63, 3.8) is 0 Å². The van der Waals surface area contributed by atoms with E-state index in [2.05, 4.69) is 29.2 Å². The molecule has 0 aliphatic carbocycles. The molecule has 0 saturated heterocycles. The van der Waals surface area contributed by atoms with Crippen LogP contribution < -0.4 is 5.56 Å². The lowest BCUT2D eigenvalue weighted by Gasteiger charge is -2.30. The van der Waals surface area contributed by atoms with Crippen LogP contribution in [-0.2, 0) is 24.2 Å². The number of ether oxygens (including phenoxy) is 1. The average molecular weight is 480 g/mol. The molecule has 0 fully saturated rings. The van der Waals surface area contributed by atoms with E-state index in [1.807, 2.05) is 66.1 Å². The van der Waals surface area contributed by atoms with Gasteiger partial charge in [0.15, 0.2) is 0 Å². The van der Waals surface area contributed by atoms with Crippen LogP contribution in [0.4, 0.5) is 0 Å². The highest BCUT2D eigenvalue weighted by Crippen LogP contribution is 2.27. The predicted molar refractivity (Wildman–Crippen MR) is 139 cm³/mol. The van der Waals surface area contributed by atoms with Crippen molar-refractivity contribution in [1.29, 1.82) is 0 Å². The van der Waals surface area contributed by atoms with Crippen molar-refractivity contribution in [3.8, 4) is 0 Å². The van der Waals surface area contributed by atoms with Gasteiger partial charge in [-0.3, -0.25) is 14.3 Å². The molecule has 0 atom stereocenters. The van der Waals surface area contributed by atoms with Crippen LogP contribution in [0.1, 0.15) is 50.2 Å². The number of esters is 1. The lowest BCUT2D eigenvalue weighted by atomic mass is 9.97. The number of methoxy groups -OCH3 is 1. The molecule has 3 aromatic carbocycles. The minimum Gasteiger partial charge on any atom is -0.465 e. The molecule has 2 heterocycles. The maximum Gasteiger partial charge on any atom is 0.337 e. The Hall–Kier alpha value is -4.03. The van der Waals surface area contributed by atoms with Crippen molar-refractivity contribution in [2.75, 3.05) is 13.7 Å². The second kappa shape index (κ2) is 10.3. The van der Waals surface area contributed by atoms with Crippen LogP contribution in [0.2, 0.25) is 0 Å². The third kappa shape index (κ3) is 4.72. The molecule has 0 radical (unpaired) electrons. The Bertz CT molecular complexity index is 1390. The molecule has 0 saturated carbocycles. The molecule has 1 aliphatic rings. The first kappa shape index (κ1) is 23.7. The zero-order valence-electron chi connectivity index (χ0n) is 20.6. The molecular weight excluding hydrogens is 450 g/mol. The normalized spacial score (nSPS) is 13.4. The fourth-order valence-electron chi connectivity index (χ4n) is 5.04. The number of carbonyl (C=O) groups excluding carboxylic acids is 1. The van der Waals surface area contributed by atoms with E-state index < -0.39 is 0 Å². The van der Waals surface area contributed by atoms with Gasteiger partial charge in [-0.1, -0.05) is 72.8 Å². The SMILES string of the molecule is COC(=O)c1cccc(CN2CCc3nc(C)n(C(c4ccccc4)c4ccccc4)c(=O)c3C2)c1. The topological polar surface area (TPSA) is 64.4 Å². The number of benzene rings is 3. The van der Waals surface area contributed by atoms with Gasteiger partial charge >= 0.3 is 5.97 Å². The van der Waals surface area contributed by atoms with Gasteiger partial charge in [0.05, 0.1) is 30.0 Å². The highest BCUT2D eigenvalue weighted by Gasteiger charge is 2.27. The van der Waals surface area contributed by atoms with Gasteiger partial charge < -0.3 is 4.74 Å². The molecule has 36 heavy (non-hydrogen) atoms. The molecule has 0 bridgehead atoms. The summed E-state index contributed by atoms with van der Waals surface area (Å²) in [5.74, 6) is 0.368. The Morgan fingerprint density at radius 1 is 0.972 bits per heavy atom. The molecule has 182 valence electrons. The highest BCUT2D eigenvalue weighted by molar-refractivity contribution is 5.89. The second-order valence-corrected chi connectivity index (χ2v) is 9.14. The van der Waals surface area contributed by atoms with E-state index in [1.54, 1.807) is 6.07 Å². The Kier molecular flexibility index (Phi) is 6.78. The highest BCUT2D eigenvalue weighted by atomic mass is 16.5. The maximum atomic E-state index is 14.0. The van der Waals surface area contributed by atoms with Crippen LogP contribution in [0, 0.1) is 6.92 Å². The van der Waals surface area contributed by atoms with Crippen molar-refractivity contribution < 1.29 is 9.53 Å². The molecule has 1 aliphatic heterocycles. The molecule has 4 aromatic rings. The minimum absolute atomic E-state index is 0.00298. The van der Waals surface area contributed by atoms with E-state index in [-0.39, 0.29) is 17.6 Å². The molecule has 6 heteroatoms. The number of hydrogen-bond donors (Lipinski definition) is 0. The van der Waals surface area contributed by atoms with E-state index >= 15 is 0 Å². The Morgan fingerprint density at radius 2 is 1.64 bits per heavy atom. The van der Waals surface area contributed by atoms with E-state index in [1.165, 1.54) is 7.11 Å². The minimum atomic E-state index is -0.351. The van der Waals surface area contributed by atoms with Gasteiger partial charge in [0.25, 0.3) is 5.56 Å². The number of rotatable bonds is 6. The third-order valence-corrected chi connectivity index (χ3v) is 6.76. The largest absolute Gasteiger partial charge is 0.465 e. The lowest BCUT2D eigenvalue weighted by molar-refractivity contribution is 0.0600. The second-order valence-electron chi connectivity index (χ2n) is 9.14. The first-order chi connectivity index (χ1) is 17.5. The summed E-state index contributed by atoms with van der Waals surface area (Å²) >= 11 is 0. The number of hydrogen-bond acceptors (Lipinski definition) is 5. The summed E-state index contributed by atoms with van der Waals surface area (Å²) in [5, 5.41) is 0. The summed E-state index contributed by atoms with van der Waals surface area (Å²) in [6.45, 7) is 3.87. The van der Waals surface area contributed by atoms with Crippen LogP contribution in [0.15, 0.2) is 89.7 Å². The monoisotopic (exact) mass is 479 g/mol. The summed E-state index contributed by atoms with van der Waals surface area (Å²) in [6.07, 6.45) is 0.713. The standard InChI is InChI=1S/C30H29N3O3/c1-21-31-27-16-17-32(19-22-10-9-15-25(18-22)30(35)36-2)20-26(27)29(34)33(21)28(23-11-5-3-6-12-23)24-13-7-4-8-14-24/h3-15,18,28H,16-17,19-20H2,1-2H3.